The molecular weight excluding hydrogens is 349 g/mol. The lowest BCUT2D eigenvalue weighted by Gasteiger charge is -2.33. The van der Waals surface area contributed by atoms with Crippen molar-refractivity contribution in [2.75, 3.05) is 18.4 Å². The Morgan fingerprint density at radius 3 is 2.81 bits per heavy atom. The molecular formula is C19H22FN5O2. The Hall–Kier alpha value is -2.84. The van der Waals surface area contributed by atoms with Crippen LogP contribution in [0.3, 0.4) is 0 Å². The number of rotatable bonds is 6. The lowest BCUT2D eigenvalue weighted by atomic mass is 10.0. The van der Waals surface area contributed by atoms with Gasteiger partial charge in [-0.2, -0.15) is 0 Å². The van der Waals surface area contributed by atoms with Gasteiger partial charge in [0.2, 0.25) is 0 Å². The van der Waals surface area contributed by atoms with E-state index in [1.54, 1.807) is 12.4 Å². The molecule has 0 bridgehead atoms. The lowest BCUT2D eigenvalue weighted by molar-refractivity contribution is -0.124. The van der Waals surface area contributed by atoms with Crippen LogP contribution in [0.25, 0.3) is 6.08 Å². The largest absolute Gasteiger partial charge is 0.365 e. The fourth-order valence-electron chi connectivity index (χ4n) is 3.07. The summed E-state index contributed by atoms with van der Waals surface area (Å²) in [5.41, 5.74) is 3.13. The Morgan fingerprint density at radius 2 is 2.11 bits per heavy atom. The molecule has 1 amide bonds. The Labute approximate surface area is 156 Å². The Kier molecular flexibility index (Phi) is 6.45. The Balaban J connectivity index is 1.53. The average molecular weight is 371 g/mol. The summed E-state index contributed by atoms with van der Waals surface area (Å²) in [6.45, 7) is 2.68. The van der Waals surface area contributed by atoms with Gasteiger partial charge in [-0.3, -0.25) is 19.9 Å². The summed E-state index contributed by atoms with van der Waals surface area (Å²) in [6.07, 6.45) is 7.93. The van der Waals surface area contributed by atoms with E-state index in [0.717, 1.165) is 38.0 Å². The van der Waals surface area contributed by atoms with Gasteiger partial charge in [0.05, 0.1) is 18.1 Å². The summed E-state index contributed by atoms with van der Waals surface area (Å²) in [5, 5.41) is 11.8. The van der Waals surface area contributed by atoms with Crippen molar-refractivity contribution >= 4 is 17.8 Å². The molecule has 1 aliphatic heterocycles. The van der Waals surface area contributed by atoms with E-state index in [9.17, 15) is 9.18 Å². The van der Waals surface area contributed by atoms with Crippen LogP contribution < -0.4 is 10.8 Å². The minimum absolute atomic E-state index is 0.217. The smallest absolute Gasteiger partial charge is 0.267 e. The van der Waals surface area contributed by atoms with Crippen LogP contribution in [-0.2, 0) is 11.3 Å². The van der Waals surface area contributed by atoms with Crippen molar-refractivity contribution in [2.24, 2.45) is 0 Å². The molecule has 1 aliphatic rings. The van der Waals surface area contributed by atoms with Gasteiger partial charge in [0.25, 0.3) is 5.91 Å². The molecule has 1 atom stereocenters. The quantitative estimate of drug-likeness (QED) is 0.410. The number of likely N-dealkylation sites (tertiary alicyclic amines) is 1. The highest BCUT2D eigenvalue weighted by molar-refractivity contribution is 5.90. The monoisotopic (exact) mass is 371 g/mol. The number of amides is 1. The van der Waals surface area contributed by atoms with E-state index >= 15 is 0 Å². The molecule has 1 aromatic heterocycles. The molecule has 2 heterocycles. The normalized spacial score (nSPS) is 17.8. The van der Waals surface area contributed by atoms with Gasteiger partial charge in [-0.15, -0.1) is 0 Å². The predicted octanol–water partition coefficient (Wildman–Crippen LogP) is 2.21. The molecule has 0 unspecified atom stereocenters. The summed E-state index contributed by atoms with van der Waals surface area (Å²) >= 11 is 0. The molecule has 0 saturated carbocycles. The zero-order valence-electron chi connectivity index (χ0n) is 14.8. The lowest BCUT2D eigenvalue weighted by Crippen LogP contribution is -2.41. The number of benzene rings is 1. The van der Waals surface area contributed by atoms with Crippen LogP contribution in [-0.4, -0.2) is 45.1 Å². The first-order valence-electron chi connectivity index (χ1n) is 8.80. The Morgan fingerprint density at radius 1 is 1.30 bits per heavy atom. The molecule has 27 heavy (non-hydrogen) atoms. The summed E-state index contributed by atoms with van der Waals surface area (Å²) in [4.78, 5) is 21.8. The summed E-state index contributed by atoms with van der Waals surface area (Å²) < 4.78 is 13.0. The number of piperidine rings is 1. The number of aromatic nitrogens is 2. The van der Waals surface area contributed by atoms with Gasteiger partial charge in [0, 0.05) is 25.2 Å². The van der Waals surface area contributed by atoms with Gasteiger partial charge in [-0.05, 0) is 43.2 Å². The number of anilines is 1. The van der Waals surface area contributed by atoms with Crippen molar-refractivity contribution < 1.29 is 14.4 Å². The highest BCUT2D eigenvalue weighted by Gasteiger charge is 2.20. The molecule has 7 nitrogen and oxygen atoms in total. The standard InChI is InChI=1S/C19H22FN5O2/c20-15-5-3-14(4-6-15)12-25-9-1-2-17(13-25)23-18-11-21-16(10-22-18)7-8-19(26)24-27/h3-8,10-11,17,27H,1-2,9,12-13H2,(H,22,23)(H,24,26)/t17-/m1/s1. The highest BCUT2D eigenvalue weighted by Crippen LogP contribution is 2.17. The van der Waals surface area contributed by atoms with Crippen molar-refractivity contribution in [2.45, 2.75) is 25.4 Å². The average Bonchev–Trinajstić information content (AvgIpc) is 2.69. The number of nitrogens with zero attached hydrogens (tertiary/aromatic N) is 3. The molecule has 8 heteroatoms. The number of hydrogen-bond donors (Lipinski definition) is 3. The van der Waals surface area contributed by atoms with Gasteiger partial charge in [0.1, 0.15) is 11.6 Å². The van der Waals surface area contributed by atoms with Gasteiger partial charge in [-0.1, -0.05) is 12.1 Å². The van der Waals surface area contributed by atoms with Gasteiger partial charge >= 0.3 is 0 Å². The van der Waals surface area contributed by atoms with Crippen LogP contribution in [0.15, 0.2) is 42.7 Å². The molecule has 0 aliphatic carbocycles. The van der Waals surface area contributed by atoms with E-state index < -0.39 is 5.91 Å². The SMILES string of the molecule is O=C(C=Cc1cnc(N[C@@H]2CCCN(Cc3ccc(F)cc3)C2)cn1)NO. The van der Waals surface area contributed by atoms with Crippen molar-refractivity contribution in [3.05, 3.63) is 59.8 Å². The Bertz CT molecular complexity index is 780. The first-order chi connectivity index (χ1) is 13.1. The molecule has 0 radical (unpaired) electrons. The van der Waals surface area contributed by atoms with Gasteiger partial charge in [-0.25, -0.2) is 14.9 Å². The number of hydrogen-bond acceptors (Lipinski definition) is 6. The second-order valence-electron chi connectivity index (χ2n) is 6.48. The van der Waals surface area contributed by atoms with Crippen molar-refractivity contribution in [3.8, 4) is 0 Å². The van der Waals surface area contributed by atoms with Crippen molar-refractivity contribution in [1.29, 1.82) is 0 Å². The maximum atomic E-state index is 13.0. The summed E-state index contributed by atoms with van der Waals surface area (Å²) in [6, 6.07) is 6.88. The van der Waals surface area contributed by atoms with Gasteiger partial charge < -0.3 is 5.32 Å². The molecule has 142 valence electrons. The molecule has 1 fully saturated rings. The first-order valence-corrected chi connectivity index (χ1v) is 8.80. The summed E-state index contributed by atoms with van der Waals surface area (Å²) in [7, 11) is 0. The van der Waals surface area contributed by atoms with Crippen LogP contribution in [0.2, 0.25) is 0 Å². The third kappa shape index (κ3) is 5.83. The summed E-state index contributed by atoms with van der Waals surface area (Å²) in [5.74, 6) is -0.166. The van der Waals surface area contributed by atoms with Crippen LogP contribution in [0, 0.1) is 5.82 Å². The van der Waals surface area contributed by atoms with E-state index in [2.05, 4.69) is 20.2 Å². The minimum atomic E-state index is -0.623. The maximum absolute atomic E-state index is 13.0. The van der Waals surface area contributed by atoms with E-state index in [4.69, 9.17) is 5.21 Å². The number of hydroxylamine groups is 1. The molecule has 3 N–H and O–H groups in total. The van der Waals surface area contributed by atoms with Gasteiger partial charge in [0.15, 0.2) is 0 Å². The third-order valence-electron chi connectivity index (χ3n) is 4.36. The number of carbonyl (C=O) groups excluding carboxylic acids is 1. The second kappa shape index (κ2) is 9.20. The van der Waals surface area contributed by atoms with E-state index in [-0.39, 0.29) is 11.9 Å². The van der Waals surface area contributed by atoms with Crippen LogP contribution in [0.5, 0.6) is 0 Å². The molecule has 1 aromatic carbocycles. The van der Waals surface area contributed by atoms with E-state index in [1.165, 1.54) is 29.8 Å². The third-order valence-corrected chi connectivity index (χ3v) is 4.36. The van der Waals surface area contributed by atoms with Crippen LogP contribution in [0.4, 0.5) is 10.2 Å². The molecule has 1 saturated heterocycles. The molecule has 0 spiro atoms. The van der Waals surface area contributed by atoms with Crippen LogP contribution >= 0.6 is 0 Å². The second-order valence-corrected chi connectivity index (χ2v) is 6.48. The first kappa shape index (κ1) is 18.9. The maximum Gasteiger partial charge on any atom is 0.267 e. The van der Waals surface area contributed by atoms with Crippen LogP contribution in [0.1, 0.15) is 24.1 Å². The number of carbonyl (C=O) groups is 1. The zero-order valence-corrected chi connectivity index (χ0v) is 14.8. The molecule has 3 rings (SSSR count). The van der Waals surface area contributed by atoms with Crippen molar-refractivity contribution in [3.63, 3.8) is 0 Å². The zero-order chi connectivity index (χ0) is 19.1. The fourth-order valence-corrected chi connectivity index (χ4v) is 3.07. The van der Waals surface area contributed by atoms with Crippen molar-refractivity contribution in [1.82, 2.24) is 20.3 Å². The van der Waals surface area contributed by atoms with E-state index in [1.807, 2.05) is 12.1 Å². The molecule has 2 aromatic rings. The predicted molar refractivity (Wildman–Crippen MR) is 99.3 cm³/mol. The number of nitrogens with one attached hydrogen (secondary N) is 2. The topological polar surface area (TPSA) is 90.4 Å². The van der Waals surface area contributed by atoms with E-state index in [0.29, 0.717) is 11.5 Å². The fraction of sp³-hybridized carbons (Fsp3) is 0.316. The minimum Gasteiger partial charge on any atom is -0.365 e. The highest BCUT2D eigenvalue weighted by atomic mass is 19.1. The number of halogens is 1.